The van der Waals surface area contributed by atoms with Gasteiger partial charge in [-0.2, -0.15) is 0 Å². The minimum atomic E-state index is 0.160. The van der Waals surface area contributed by atoms with Crippen molar-refractivity contribution in [2.45, 2.75) is 31.3 Å². The SMILES string of the molecule is CN(C)C(=O)CC(CN)N(C)C1CC1. The molecule has 1 rings (SSSR count). The van der Waals surface area contributed by atoms with Gasteiger partial charge in [-0.15, -0.1) is 0 Å². The van der Waals surface area contributed by atoms with Crippen LogP contribution in [0.4, 0.5) is 0 Å². The first-order valence-corrected chi connectivity index (χ1v) is 5.18. The van der Waals surface area contributed by atoms with E-state index in [1.165, 1.54) is 12.8 Å². The molecule has 0 aromatic carbocycles. The summed E-state index contributed by atoms with van der Waals surface area (Å²) in [6.45, 7) is 0.562. The van der Waals surface area contributed by atoms with Gasteiger partial charge in [0.05, 0.1) is 0 Å². The van der Waals surface area contributed by atoms with Crippen LogP contribution in [-0.2, 0) is 4.79 Å². The van der Waals surface area contributed by atoms with Gasteiger partial charge in [-0.25, -0.2) is 0 Å². The van der Waals surface area contributed by atoms with Crippen LogP contribution in [0.5, 0.6) is 0 Å². The first-order valence-electron chi connectivity index (χ1n) is 5.18. The van der Waals surface area contributed by atoms with E-state index >= 15 is 0 Å². The van der Waals surface area contributed by atoms with Crippen molar-refractivity contribution in [2.75, 3.05) is 27.7 Å². The smallest absolute Gasteiger partial charge is 0.223 e. The predicted octanol–water partition coefficient (Wildman–Crippen LogP) is -0.114. The summed E-state index contributed by atoms with van der Waals surface area (Å²) in [5, 5.41) is 0. The molecule has 2 N–H and O–H groups in total. The molecule has 4 nitrogen and oxygen atoms in total. The molecule has 1 fully saturated rings. The van der Waals surface area contributed by atoms with Crippen LogP contribution in [0.15, 0.2) is 0 Å². The molecule has 0 saturated heterocycles. The predicted molar refractivity (Wildman–Crippen MR) is 56.9 cm³/mol. The minimum absolute atomic E-state index is 0.160. The molecule has 0 aromatic heterocycles. The van der Waals surface area contributed by atoms with Crippen LogP contribution in [0, 0.1) is 0 Å². The lowest BCUT2D eigenvalue weighted by Crippen LogP contribution is -2.42. The Bertz CT molecular complexity index is 202. The van der Waals surface area contributed by atoms with Gasteiger partial charge in [0, 0.05) is 39.1 Å². The van der Waals surface area contributed by atoms with E-state index in [0.29, 0.717) is 19.0 Å². The van der Waals surface area contributed by atoms with E-state index in [9.17, 15) is 4.79 Å². The lowest BCUT2D eigenvalue weighted by molar-refractivity contribution is -0.129. The maximum Gasteiger partial charge on any atom is 0.223 e. The molecule has 0 bridgehead atoms. The third kappa shape index (κ3) is 2.96. The molecule has 1 saturated carbocycles. The highest BCUT2D eigenvalue weighted by atomic mass is 16.2. The fraction of sp³-hybridized carbons (Fsp3) is 0.900. The fourth-order valence-corrected chi connectivity index (χ4v) is 1.56. The Morgan fingerprint density at radius 3 is 2.36 bits per heavy atom. The van der Waals surface area contributed by atoms with Crippen molar-refractivity contribution in [1.82, 2.24) is 9.80 Å². The largest absolute Gasteiger partial charge is 0.349 e. The second-order valence-electron chi connectivity index (χ2n) is 4.28. The van der Waals surface area contributed by atoms with Crippen molar-refractivity contribution < 1.29 is 4.79 Å². The van der Waals surface area contributed by atoms with Crippen LogP contribution >= 0.6 is 0 Å². The van der Waals surface area contributed by atoms with Crippen LogP contribution in [0.1, 0.15) is 19.3 Å². The summed E-state index contributed by atoms with van der Waals surface area (Å²) in [7, 11) is 5.64. The number of carbonyl (C=O) groups is 1. The maximum atomic E-state index is 11.5. The Morgan fingerprint density at radius 2 is 2.00 bits per heavy atom. The average molecular weight is 199 g/mol. The van der Waals surface area contributed by atoms with Crippen molar-refractivity contribution >= 4 is 5.91 Å². The quantitative estimate of drug-likeness (QED) is 0.672. The second-order valence-corrected chi connectivity index (χ2v) is 4.28. The lowest BCUT2D eigenvalue weighted by atomic mass is 10.1. The number of amides is 1. The Labute approximate surface area is 86.0 Å². The number of hydrogen-bond donors (Lipinski definition) is 1. The zero-order valence-corrected chi connectivity index (χ0v) is 9.36. The summed E-state index contributed by atoms with van der Waals surface area (Å²) in [4.78, 5) is 15.4. The summed E-state index contributed by atoms with van der Waals surface area (Å²) in [5.41, 5.74) is 5.68. The molecular weight excluding hydrogens is 178 g/mol. The van der Waals surface area contributed by atoms with Crippen molar-refractivity contribution in [3.8, 4) is 0 Å². The Kier molecular flexibility index (Phi) is 3.89. The normalized spacial score (nSPS) is 18.4. The third-order valence-electron chi connectivity index (χ3n) is 2.88. The van der Waals surface area contributed by atoms with Crippen molar-refractivity contribution in [1.29, 1.82) is 0 Å². The number of carbonyl (C=O) groups excluding carboxylic acids is 1. The molecule has 1 aliphatic carbocycles. The molecular formula is C10H21N3O. The number of nitrogens with two attached hydrogens (primary N) is 1. The molecule has 0 aromatic rings. The van der Waals surface area contributed by atoms with Crippen LogP contribution in [-0.4, -0.2) is 55.5 Å². The molecule has 0 heterocycles. The van der Waals surface area contributed by atoms with Gasteiger partial charge in [0.2, 0.25) is 5.91 Å². The van der Waals surface area contributed by atoms with E-state index in [2.05, 4.69) is 11.9 Å². The van der Waals surface area contributed by atoms with E-state index in [4.69, 9.17) is 5.73 Å². The summed E-state index contributed by atoms with van der Waals surface area (Å²) in [6.07, 6.45) is 3.04. The van der Waals surface area contributed by atoms with E-state index < -0.39 is 0 Å². The zero-order valence-electron chi connectivity index (χ0n) is 9.36. The average Bonchev–Trinajstić information content (AvgIpc) is 2.95. The lowest BCUT2D eigenvalue weighted by Gasteiger charge is -2.27. The Balaban J connectivity index is 2.40. The van der Waals surface area contributed by atoms with E-state index in [0.717, 1.165) is 0 Å². The van der Waals surface area contributed by atoms with Gasteiger partial charge in [0.25, 0.3) is 0 Å². The molecule has 82 valence electrons. The standard InChI is InChI=1S/C10H21N3O/c1-12(2)10(14)6-9(7-11)13(3)8-4-5-8/h8-9H,4-7,11H2,1-3H3. The number of rotatable bonds is 5. The van der Waals surface area contributed by atoms with Gasteiger partial charge < -0.3 is 10.6 Å². The number of nitrogens with zero attached hydrogens (tertiary/aromatic N) is 2. The molecule has 0 spiro atoms. The monoisotopic (exact) mass is 199 g/mol. The first-order chi connectivity index (χ1) is 6.56. The maximum absolute atomic E-state index is 11.5. The molecule has 4 heteroatoms. The zero-order chi connectivity index (χ0) is 10.7. The number of likely N-dealkylation sites (N-methyl/N-ethyl adjacent to an activating group) is 1. The fourth-order valence-electron chi connectivity index (χ4n) is 1.56. The summed E-state index contributed by atoms with van der Waals surface area (Å²) in [6, 6.07) is 0.871. The highest BCUT2D eigenvalue weighted by Crippen LogP contribution is 2.27. The second kappa shape index (κ2) is 4.75. The molecule has 1 aliphatic rings. The van der Waals surface area contributed by atoms with Crippen LogP contribution in [0.3, 0.4) is 0 Å². The van der Waals surface area contributed by atoms with Crippen molar-refractivity contribution in [3.05, 3.63) is 0 Å². The highest BCUT2D eigenvalue weighted by molar-refractivity contribution is 5.76. The van der Waals surface area contributed by atoms with Gasteiger partial charge in [-0.05, 0) is 19.9 Å². The molecule has 1 atom stereocenters. The van der Waals surface area contributed by atoms with E-state index in [1.54, 1.807) is 19.0 Å². The molecule has 1 amide bonds. The summed E-state index contributed by atoms with van der Waals surface area (Å²) in [5.74, 6) is 0.160. The molecule has 1 unspecified atom stereocenters. The minimum Gasteiger partial charge on any atom is -0.349 e. The van der Waals surface area contributed by atoms with Crippen molar-refractivity contribution in [3.63, 3.8) is 0 Å². The van der Waals surface area contributed by atoms with Gasteiger partial charge in [-0.3, -0.25) is 9.69 Å². The first kappa shape index (κ1) is 11.5. The molecule has 14 heavy (non-hydrogen) atoms. The molecule has 0 radical (unpaired) electrons. The highest BCUT2D eigenvalue weighted by Gasteiger charge is 2.31. The van der Waals surface area contributed by atoms with Gasteiger partial charge in [0.15, 0.2) is 0 Å². The number of hydrogen-bond acceptors (Lipinski definition) is 3. The summed E-state index contributed by atoms with van der Waals surface area (Å²) >= 11 is 0. The van der Waals surface area contributed by atoms with Gasteiger partial charge >= 0.3 is 0 Å². The van der Waals surface area contributed by atoms with Crippen LogP contribution in [0.25, 0.3) is 0 Å². The van der Waals surface area contributed by atoms with Crippen LogP contribution in [0.2, 0.25) is 0 Å². The summed E-state index contributed by atoms with van der Waals surface area (Å²) < 4.78 is 0. The Hall–Kier alpha value is -0.610. The molecule has 0 aliphatic heterocycles. The third-order valence-corrected chi connectivity index (χ3v) is 2.88. The van der Waals surface area contributed by atoms with Crippen LogP contribution < -0.4 is 5.73 Å². The Morgan fingerprint density at radius 1 is 1.43 bits per heavy atom. The topological polar surface area (TPSA) is 49.6 Å². The van der Waals surface area contributed by atoms with E-state index in [-0.39, 0.29) is 11.9 Å². The van der Waals surface area contributed by atoms with Gasteiger partial charge in [0.1, 0.15) is 0 Å². The van der Waals surface area contributed by atoms with E-state index in [1.807, 2.05) is 0 Å². The van der Waals surface area contributed by atoms with Crippen molar-refractivity contribution in [2.24, 2.45) is 5.73 Å². The van der Waals surface area contributed by atoms with Gasteiger partial charge in [-0.1, -0.05) is 0 Å².